The zero-order valence-corrected chi connectivity index (χ0v) is 8.01. The zero-order chi connectivity index (χ0) is 10.6. The number of non-ortho nitro benzene ring substituents is 1. The standard InChI is InChI=1S/C10H13NO3/c1-2-10(12)7-8-3-5-9(6-4-8)11(13)14/h3-6,10,12H,2,7H2,1H3. The summed E-state index contributed by atoms with van der Waals surface area (Å²) in [6.07, 6.45) is 0.877. The van der Waals surface area contributed by atoms with Gasteiger partial charge in [-0.3, -0.25) is 10.1 Å². The normalized spacial score (nSPS) is 12.4. The molecule has 1 aromatic carbocycles. The van der Waals surface area contributed by atoms with Gasteiger partial charge in [0, 0.05) is 12.1 Å². The Morgan fingerprint density at radius 3 is 2.43 bits per heavy atom. The number of nitrogens with zero attached hydrogens (tertiary/aromatic N) is 1. The van der Waals surface area contributed by atoms with E-state index in [9.17, 15) is 15.2 Å². The fraction of sp³-hybridized carbons (Fsp3) is 0.400. The maximum atomic E-state index is 10.3. The van der Waals surface area contributed by atoms with Crippen LogP contribution in [0.4, 0.5) is 5.69 Å². The monoisotopic (exact) mass is 195 g/mol. The highest BCUT2D eigenvalue weighted by atomic mass is 16.6. The van der Waals surface area contributed by atoms with Crippen molar-refractivity contribution in [3.63, 3.8) is 0 Å². The Balaban J connectivity index is 2.68. The number of hydrogen-bond acceptors (Lipinski definition) is 3. The molecule has 0 bridgehead atoms. The lowest BCUT2D eigenvalue weighted by Crippen LogP contribution is -2.08. The van der Waals surface area contributed by atoms with Crippen LogP contribution in [0.15, 0.2) is 24.3 Å². The van der Waals surface area contributed by atoms with Gasteiger partial charge in [0.05, 0.1) is 11.0 Å². The van der Waals surface area contributed by atoms with Crippen molar-refractivity contribution in [1.82, 2.24) is 0 Å². The van der Waals surface area contributed by atoms with Crippen LogP contribution in [0.5, 0.6) is 0 Å². The van der Waals surface area contributed by atoms with E-state index in [1.54, 1.807) is 12.1 Å². The van der Waals surface area contributed by atoms with E-state index in [0.717, 1.165) is 5.56 Å². The summed E-state index contributed by atoms with van der Waals surface area (Å²) in [6.45, 7) is 1.90. The largest absolute Gasteiger partial charge is 0.393 e. The van der Waals surface area contributed by atoms with Crippen LogP contribution in [0.1, 0.15) is 18.9 Å². The van der Waals surface area contributed by atoms with E-state index in [2.05, 4.69) is 0 Å². The van der Waals surface area contributed by atoms with Gasteiger partial charge in [-0.25, -0.2) is 0 Å². The maximum Gasteiger partial charge on any atom is 0.269 e. The molecule has 14 heavy (non-hydrogen) atoms. The molecule has 0 spiro atoms. The van der Waals surface area contributed by atoms with Crippen LogP contribution in [0.2, 0.25) is 0 Å². The van der Waals surface area contributed by atoms with Gasteiger partial charge in [0.1, 0.15) is 0 Å². The third kappa shape index (κ3) is 2.81. The molecule has 76 valence electrons. The molecule has 0 aliphatic heterocycles. The first kappa shape index (κ1) is 10.7. The highest BCUT2D eigenvalue weighted by Crippen LogP contribution is 2.13. The molecule has 0 amide bonds. The zero-order valence-electron chi connectivity index (χ0n) is 8.01. The van der Waals surface area contributed by atoms with Gasteiger partial charge >= 0.3 is 0 Å². The predicted molar refractivity (Wildman–Crippen MR) is 53.1 cm³/mol. The summed E-state index contributed by atoms with van der Waals surface area (Å²) in [5.74, 6) is 0. The van der Waals surface area contributed by atoms with Gasteiger partial charge in [-0.15, -0.1) is 0 Å². The SMILES string of the molecule is CCC(O)Cc1ccc([N+](=O)[O-])cc1. The van der Waals surface area contributed by atoms with E-state index in [-0.39, 0.29) is 11.8 Å². The first-order valence-corrected chi connectivity index (χ1v) is 4.55. The number of hydrogen-bond donors (Lipinski definition) is 1. The van der Waals surface area contributed by atoms with Crippen LogP contribution < -0.4 is 0 Å². The topological polar surface area (TPSA) is 63.4 Å². The molecule has 1 atom stereocenters. The predicted octanol–water partition coefficient (Wildman–Crippen LogP) is 1.91. The summed E-state index contributed by atoms with van der Waals surface area (Å²) in [6, 6.07) is 6.27. The second kappa shape index (κ2) is 4.72. The number of benzene rings is 1. The molecule has 0 aliphatic rings. The second-order valence-electron chi connectivity index (χ2n) is 3.19. The van der Waals surface area contributed by atoms with Gasteiger partial charge in [0.25, 0.3) is 5.69 Å². The van der Waals surface area contributed by atoms with E-state index in [1.807, 2.05) is 6.92 Å². The van der Waals surface area contributed by atoms with Gasteiger partial charge in [-0.2, -0.15) is 0 Å². The smallest absolute Gasteiger partial charge is 0.269 e. The molecule has 1 unspecified atom stereocenters. The number of nitro groups is 1. The van der Waals surface area contributed by atoms with Crippen molar-refractivity contribution in [3.05, 3.63) is 39.9 Å². The van der Waals surface area contributed by atoms with Crippen molar-refractivity contribution in [2.45, 2.75) is 25.9 Å². The summed E-state index contributed by atoms with van der Waals surface area (Å²) in [5, 5.41) is 19.7. The fourth-order valence-corrected chi connectivity index (χ4v) is 1.17. The number of aliphatic hydroxyl groups is 1. The third-order valence-electron chi connectivity index (χ3n) is 2.09. The Labute approximate surface area is 82.3 Å². The molecular formula is C10H13NO3. The minimum atomic E-state index is -0.431. The Morgan fingerprint density at radius 1 is 1.43 bits per heavy atom. The Kier molecular flexibility index (Phi) is 3.59. The van der Waals surface area contributed by atoms with Crippen molar-refractivity contribution in [2.24, 2.45) is 0 Å². The van der Waals surface area contributed by atoms with Crippen LogP contribution in [0.25, 0.3) is 0 Å². The molecule has 0 radical (unpaired) electrons. The minimum Gasteiger partial charge on any atom is -0.393 e. The van der Waals surface area contributed by atoms with E-state index < -0.39 is 4.92 Å². The van der Waals surface area contributed by atoms with Gasteiger partial charge in [-0.1, -0.05) is 19.1 Å². The highest BCUT2D eigenvalue weighted by molar-refractivity contribution is 5.33. The molecule has 1 N–H and O–H groups in total. The third-order valence-corrected chi connectivity index (χ3v) is 2.09. The quantitative estimate of drug-likeness (QED) is 0.589. The number of rotatable bonds is 4. The fourth-order valence-electron chi connectivity index (χ4n) is 1.17. The van der Waals surface area contributed by atoms with Crippen molar-refractivity contribution in [2.75, 3.05) is 0 Å². The lowest BCUT2D eigenvalue weighted by Gasteiger charge is -2.06. The first-order valence-electron chi connectivity index (χ1n) is 4.55. The van der Waals surface area contributed by atoms with E-state index >= 15 is 0 Å². The molecule has 0 aromatic heterocycles. The van der Waals surface area contributed by atoms with Gasteiger partial charge in [0.2, 0.25) is 0 Å². The van der Waals surface area contributed by atoms with E-state index in [4.69, 9.17) is 0 Å². The summed E-state index contributed by atoms with van der Waals surface area (Å²) in [5.41, 5.74) is 1.00. The molecular weight excluding hydrogens is 182 g/mol. The van der Waals surface area contributed by atoms with E-state index in [0.29, 0.717) is 12.8 Å². The highest BCUT2D eigenvalue weighted by Gasteiger charge is 2.06. The Hall–Kier alpha value is -1.42. The average molecular weight is 195 g/mol. The van der Waals surface area contributed by atoms with Crippen LogP contribution >= 0.6 is 0 Å². The minimum absolute atomic E-state index is 0.0831. The molecule has 1 rings (SSSR count). The number of aliphatic hydroxyl groups excluding tert-OH is 1. The number of nitro benzene ring substituents is 1. The summed E-state index contributed by atoms with van der Waals surface area (Å²) < 4.78 is 0. The van der Waals surface area contributed by atoms with Crippen molar-refractivity contribution >= 4 is 5.69 Å². The molecule has 1 aromatic rings. The van der Waals surface area contributed by atoms with Crippen LogP contribution in [-0.4, -0.2) is 16.1 Å². The van der Waals surface area contributed by atoms with Crippen LogP contribution in [0.3, 0.4) is 0 Å². The summed E-state index contributed by atoms with van der Waals surface area (Å²) in [7, 11) is 0. The second-order valence-corrected chi connectivity index (χ2v) is 3.19. The molecule has 0 heterocycles. The van der Waals surface area contributed by atoms with Gasteiger partial charge in [-0.05, 0) is 18.4 Å². The van der Waals surface area contributed by atoms with Crippen LogP contribution in [-0.2, 0) is 6.42 Å². The molecule has 0 fully saturated rings. The Bertz CT molecular complexity index is 308. The van der Waals surface area contributed by atoms with Gasteiger partial charge in [0.15, 0.2) is 0 Å². The molecule has 4 nitrogen and oxygen atoms in total. The van der Waals surface area contributed by atoms with Crippen LogP contribution in [0, 0.1) is 10.1 Å². The molecule has 4 heteroatoms. The summed E-state index contributed by atoms with van der Waals surface area (Å²) >= 11 is 0. The molecule has 0 aliphatic carbocycles. The molecule has 0 saturated heterocycles. The van der Waals surface area contributed by atoms with Gasteiger partial charge < -0.3 is 5.11 Å². The lowest BCUT2D eigenvalue weighted by atomic mass is 10.1. The lowest BCUT2D eigenvalue weighted by molar-refractivity contribution is -0.384. The maximum absolute atomic E-state index is 10.3. The van der Waals surface area contributed by atoms with Crippen molar-refractivity contribution in [3.8, 4) is 0 Å². The summed E-state index contributed by atoms with van der Waals surface area (Å²) in [4.78, 5) is 9.92. The van der Waals surface area contributed by atoms with E-state index in [1.165, 1.54) is 12.1 Å². The molecule has 0 saturated carbocycles. The Morgan fingerprint density at radius 2 is 2.00 bits per heavy atom. The van der Waals surface area contributed by atoms with Crippen molar-refractivity contribution in [1.29, 1.82) is 0 Å². The average Bonchev–Trinajstić information content (AvgIpc) is 2.18. The van der Waals surface area contributed by atoms with Crippen molar-refractivity contribution < 1.29 is 10.0 Å². The first-order chi connectivity index (χ1) is 6.63.